The van der Waals surface area contributed by atoms with Gasteiger partial charge in [0.25, 0.3) is 0 Å². The summed E-state index contributed by atoms with van der Waals surface area (Å²) in [4.78, 5) is 11.7. The predicted molar refractivity (Wildman–Crippen MR) is 64.1 cm³/mol. The first kappa shape index (κ1) is 12.8. The van der Waals surface area contributed by atoms with E-state index in [9.17, 15) is 4.79 Å². The van der Waals surface area contributed by atoms with Crippen molar-refractivity contribution in [2.75, 3.05) is 24.7 Å². The minimum Gasteiger partial charge on any atom is -0.465 e. The van der Waals surface area contributed by atoms with Gasteiger partial charge in [-0.1, -0.05) is 6.92 Å². The summed E-state index contributed by atoms with van der Waals surface area (Å²) in [6.07, 6.45) is 2.18. The third-order valence-corrected chi connectivity index (χ3v) is 3.78. The molecule has 4 heteroatoms. The minimum atomic E-state index is -0.0834. The molecule has 1 N–H and O–H groups in total. The summed E-state index contributed by atoms with van der Waals surface area (Å²) in [5.41, 5.74) is 0. The fourth-order valence-corrected chi connectivity index (χ4v) is 3.09. The van der Waals surface area contributed by atoms with Crippen molar-refractivity contribution in [3.05, 3.63) is 0 Å². The molecule has 0 bridgehead atoms. The van der Waals surface area contributed by atoms with Crippen molar-refractivity contribution >= 4 is 17.7 Å². The maximum Gasteiger partial charge on any atom is 0.323 e. The van der Waals surface area contributed by atoms with Gasteiger partial charge in [-0.05, 0) is 43.7 Å². The summed E-state index contributed by atoms with van der Waals surface area (Å²) >= 11 is 1.93. The number of nitrogens with one attached hydrogen (secondary N) is 1. The topological polar surface area (TPSA) is 38.3 Å². The monoisotopic (exact) mass is 231 g/mol. The molecule has 0 radical (unpaired) electrons. The van der Waals surface area contributed by atoms with Crippen LogP contribution in [0, 0.1) is 5.92 Å². The van der Waals surface area contributed by atoms with E-state index in [0.717, 1.165) is 25.1 Å². The lowest BCUT2D eigenvalue weighted by Crippen LogP contribution is -2.44. The molecule has 1 rings (SSSR count). The van der Waals surface area contributed by atoms with Crippen LogP contribution in [-0.2, 0) is 9.53 Å². The fourth-order valence-electron chi connectivity index (χ4n) is 1.79. The number of hydrogen-bond acceptors (Lipinski definition) is 4. The normalized spacial score (nSPS) is 22.7. The highest BCUT2D eigenvalue weighted by atomic mass is 32.2. The Balaban J connectivity index is 2.46. The van der Waals surface area contributed by atoms with Crippen LogP contribution in [0.4, 0.5) is 0 Å². The van der Waals surface area contributed by atoms with E-state index < -0.39 is 0 Å². The van der Waals surface area contributed by atoms with E-state index in [1.54, 1.807) is 0 Å². The summed E-state index contributed by atoms with van der Waals surface area (Å²) in [5.74, 6) is 2.65. The lowest BCUT2D eigenvalue weighted by Gasteiger charge is -2.22. The smallest absolute Gasteiger partial charge is 0.323 e. The van der Waals surface area contributed by atoms with Crippen LogP contribution in [0.5, 0.6) is 0 Å². The average molecular weight is 231 g/mol. The van der Waals surface area contributed by atoms with Crippen molar-refractivity contribution in [1.82, 2.24) is 5.32 Å². The molecule has 1 aliphatic rings. The Kier molecular flexibility index (Phi) is 6.10. The molecule has 1 fully saturated rings. The molecule has 0 aliphatic carbocycles. The zero-order valence-corrected chi connectivity index (χ0v) is 10.4. The Morgan fingerprint density at radius 2 is 2.40 bits per heavy atom. The Hall–Kier alpha value is -0.220. The first-order valence-electron chi connectivity index (χ1n) is 5.77. The van der Waals surface area contributed by atoms with E-state index in [2.05, 4.69) is 12.2 Å². The first-order valence-corrected chi connectivity index (χ1v) is 6.92. The molecule has 2 atom stereocenters. The summed E-state index contributed by atoms with van der Waals surface area (Å²) < 4.78 is 5.10. The standard InChI is InChI=1S/C11H21NO2S/c1-3-6-12-10(11(13)14-4-2)9-5-7-15-8-9/h9-10,12H,3-8H2,1-2H3. The van der Waals surface area contributed by atoms with Gasteiger partial charge in [-0.2, -0.15) is 11.8 Å². The summed E-state index contributed by atoms with van der Waals surface area (Å²) in [6, 6.07) is -0.0834. The Morgan fingerprint density at radius 3 is 2.93 bits per heavy atom. The second-order valence-corrected chi connectivity index (χ2v) is 4.96. The molecule has 0 aromatic rings. The molecule has 0 saturated carbocycles. The van der Waals surface area contributed by atoms with E-state index >= 15 is 0 Å². The highest BCUT2D eigenvalue weighted by Crippen LogP contribution is 2.26. The fraction of sp³-hybridized carbons (Fsp3) is 0.909. The SMILES string of the molecule is CCCNC(C(=O)OCC)C1CCSC1. The predicted octanol–water partition coefficient (Wildman–Crippen LogP) is 1.67. The van der Waals surface area contributed by atoms with Crippen molar-refractivity contribution in [3.8, 4) is 0 Å². The van der Waals surface area contributed by atoms with Crippen molar-refractivity contribution in [2.24, 2.45) is 5.92 Å². The molecular weight excluding hydrogens is 210 g/mol. The highest BCUT2D eigenvalue weighted by Gasteiger charge is 2.31. The average Bonchev–Trinajstić information content (AvgIpc) is 2.72. The van der Waals surface area contributed by atoms with Gasteiger partial charge in [0.05, 0.1) is 6.61 Å². The van der Waals surface area contributed by atoms with Crippen LogP contribution in [0.2, 0.25) is 0 Å². The molecule has 1 heterocycles. The van der Waals surface area contributed by atoms with Gasteiger partial charge in [0, 0.05) is 0 Å². The van der Waals surface area contributed by atoms with Crippen LogP contribution in [-0.4, -0.2) is 36.7 Å². The number of hydrogen-bond donors (Lipinski definition) is 1. The second kappa shape index (κ2) is 7.12. The summed E-state index contributed by atoms with van der Waals surface area (Å²) in [6.45, 7) is 5.34. The van der Waals surface area contributed by atoms with Crippen LogP contribution < -0.4 is 5.32 Å². The molecule has 0 aromatic carbocycles. The molecular formula is C11H21NO2S. The van der Waals surface area contributed by atoms with Crippen LogP contribution in [0.3, 0.4) is 0 Å². The van der Waals surface area contributed by atoms with Gasteiger partial charge in [-0.25, -0.2) is 0 Å². The van der Waals surface area contributed by atoms with E-state index in [1.165, 1.54) is 5.75 Å². The number of rotatable bonds is 6. The van der Waals surface area contributed by atoms with Crippen LogP contribution in [0.15, 0.2) is 0 Å². The van der Waals surface area contributed by atoms with Crippen molar-refractivity contribution in [2.45, 2.75) is 32.7 Å². The molecule has 0 aromatic heterocycles. The van der Waals surface area contributed by atoms with Crippen LogP contribution in [0.25, 0.3) is 0 Å². The Morgan fingerprint density at radius 1 is 1.60 bits per heavy atom. The lowest BCUT2D eigenvalue weighted by atomic mass is 9.99. The summed E-state index contributed by atoms with van der Waals surface area (Å²) in [7, 11) is 0. The molecule has 1 saturated heterocycles. The van der Waals surface area contributed by atoms with Gasteiger partial charge in [-0.3, -0.25) is 4.79 Å². The van der Waals surface area contributed by atoms with Crippen molar-refractivity contribution in [3.63, 3.8) is 0 Å². The molecule has 0 spiro atoms. The number of carbonyl (C=O) groups is 1. The van der Waals surface area contributed by atoms with E-state index in [0.29, 0.717) is 12.5 Å². The van der Waals surface area contributed by atoms with Gasteiger partial charge in [-0.15, -0.1) is 0 Å². The molecule has 0 amide bonds. The second-order valence-electron chi connectivity index (χ2n) is 3.81. The van der Waals surface area contributed by atoms with Crippen molar-refractivity contribution < 1.29 is 9.53 Å². The number of carbonyl (C=O) groups excluding carboxylic acids is 1. The van der Waals surface area contributed by atoms with Gasteiger partial charge in [0.1, 0.15) is 6.04 Å². The zero-order chi connectivity index (χ0) is 11.1. The van der Waals surface area contributed by atoms with Crippen LogP contribution in [0.1, 0.15) is 26.7 Å². The molecule has 88 valence electrons. The first-order chi connectivity index (χ1) is 7.29. The number of thioether (sulfide) groups is 1. The van der Waals surface area contributed by atoms with Crippen molar-refractivity contribution in [1.29, 1.82) is 0 Å². The maximum atomic E-state index is 11.7. The summed E-state index contributed by atoms with van der Waals surface area (Å²) in [5, 5.41) is 3.31. The van der Waals surface area contributed by atoms with E-state index in [-0.39, 0.29) is 12.0 Å². The van der Waals surface area contributed by atoms with Gasteiger partial charge < -0.3 is 10.1 Å². The quantitative estimate of drug-likeness (QED) is 0.706. The molecule has 2 unspecified atom stereocenters. The third kappa shape index (κ3) is 4.03. The molecule has 15 heavy (non-hydrogen) atoms. The van der Waals surface area contributed by atoms with Crippen LogP contribution >= 0.6 is 11.8 Å². The highest BCUT2D eigenvalue weighted by molar-refractivity contribution is 7.99. The third-order valence-electron chi connectivity index (χ3n) is 2.59. The maximum absolute atomic E-state index is 11.7. The zero-order valence-electron chi connectivity index (χ0n) is 9.62. The molecule has 3 nitrogen and oxygen atoms in total. The van der Waals surface area contributed by atoms with E-state index in [1.807, 2.05) is 18.7 Å². The largest absolute Gasteiger partial charge is 0.465 e. The lowest BCUT2D eigenvalue weighted by molar-refractivity contribution is -0.146. The Labute approximate surface area is 96.3 Å². The number of esters is 1. The van der Waals surface area contributed by atoms with Gasteiger partial charge >= 0.3 is 5.97 Å². The minimum absolute atomic E-state index is 0.0709. The van der Waals surface area contributed by atoms with Gasteiger partial charge in [0.2, 0.25) is 0 Å². The Bertz CT molecular complexity index is 193. The van der Waals surface area contributed by atoms with Gasteiger partial charge in [0.15, 0.2) is 0 Å². The molecule has 1 aliphatic heterocycles. The number of ether oxygens (including phenoxy) is 1. The van der Waals surface area contributed by atoms with E-state index in [4.69, 9.17) is 4.74 Å².